The fourth-order valence-electron chi connectivity index (χ4n) is 2.85. The zero-order valence-electron chi connectivity index (χ0n) is 15.1. The first-order valence-electron chi connectivity index (χ1n) is 8.66. The Morgan fingerprint density at radius 1 is 1.08 bits per heavy atom. The van der Waals surface area contributed by atoms with E-state index in [-0.39, 0.29) is 5.91 Å². The molecule has 6 nitrogen and oxygen atoms in total. The number of aryl methyl sites for hydroxylation is 1. The third-order valence-corrected chi connectivity index (χ3v) is 4.22. The van der Waals surface area contributed by atoms with E-state index in [0.717, 1.165) is 28.3 Å². The average molecular weight is 349 g/mol. The third kappa shape index (κ3) is 4.27. The fourth-order valence-corrected chi connectivity index (χ4v) is 2.85. The number of amides is 1. The SMILES string of the molecule is Cc1nn(-c2ccccc2)c(C)c1CC(=O)NCCNc1cccnc1. The highest BCUT2D eigenvalue weighted by molar-refractivity contribution is 5.79. The summed E-state index contributed by atoms with van der Waals surface area (Å²) in [7, 11) is 0. The predicted molar refractivity (Wildman–Crippen MR) is 102 cm³/mol. The number of hydrogen-bond donors (Lipinski definition) is 2. The highest BCUT2D eigenvalue weighted by Gasteiger charge is 2.15. The highest BCUT2D eigenvalue weighted by Crippen LogP contribution is 2.18. The molecule has 0 aliphatic carbocycles. The van der Waals surface area contributed by atoms with Gasteiger partial charge < -0.3 is 10.6 Å². The van der Waals surface area contributed by atoms with Crippen LogP contribution in [0, 0.1) is 13.8 Å². The molecule has 134 valence electrons. The molecule has 6 heteroatoms. The van der Waals surface area contributed by atoms with Crippen molar-refractivity contribution in [3.8, 4) is 5.69 Å². The van der Waals surface area contributed by atoms with Gasteiger partial charge >= 0.3 is 0 Å². The largest absolute Gasteiger partial charge is 0.382 e. The van der Waals surface area contributed by atoms with Crippen molar-refractivity contribution in [3.63, 3.8) is 0 Å². The van der Waals surface area contributed by atoms with Crippen LogP contribution in [0.5, 0.6) is 0 Å². The molecule has 0 spiro atoms. The lowest BCUT2D eigenvalue weighted by molar-refractivity contribution is -0.120. The van der Waals surface area contributed by atoms with E-state index in [1.165, 1.54) is 0 Å². The molecule has 1 amide bonds. The molecule has 0 atom stereocenters. The molecule has 2 aromatic heterocycles. The zero-order valence-corrected chi connectivity index (χ0v) is 15.1. The molecule has 2 heterocycles. The molecular formula is C20H23N5O. The topological polar surface area (TPSA) is 71.8 Å². The van der Waals surface area contributed by atoms with Crippen LogP contribution in [0.2, 0.25) is 0 Å². The number of nitrogens with one attached hydrogen (secondary N) is 2. The summed E-state index contributed by atoms with van der Waals surface area (Å²) < 4.78 is 1.89. The van der Waals surface area contributed by atoms with Gasteiger partial charge in [0.05, 0.1) is 23.5 Å². The van der Waals surface area contributed by atoms with Gasteiger partial charge in [0.15, 0.2) is 0 Å². The lowest BCUT2D eigenvalue weighted by Crippen LogP contribution is -2.30. The first kappa shape index (κ1) is 17.7. The first-order valence-corrected chi connectivity index (χ1v) is 8.66. The number of pyridine rings is 1. The van der Waals surface area contributed by atoms with Crippen LogP contribution >= 0.6 is 0 Å². The van der Waals surface area contributed by atoms with Gasteiger partial charge in [0, 0.05) is 36.7 Å². The van der Waals surface area contributed by atoms with Gasteiger partial charge in [-0.3, -0.25) is 9.78 Å². The van der Waals surface area contributed by atoms with Gasteiger partial charge in [-0.25, -0.2) is 4.68 Å². The van der Waals surface area contributed by atoms with E-state index in [1.807, 2.05) is 61.0 Å². The minimum atomic E-state index is -0.00296. The van der Waals surface area contributed by atoms with Crippen LogP contribution in [0.1, 0.15) is 17.0 Å². The highest BCUT2D eigenvalue weighted by atomic mass is 16.1. The zero-order chi connectivity index (χ0) is 18.4. The Kier molecular flexibility index (Phi) is 5.63. The standard InChI is InChI=1S/C20H23N5O/c1-15-19(16(2)25(24-15)18-8-4-3-5-9-18)13-20(26)23-12-11-22-17-7-6-10-21-14-17/h3-10,14,22H,11-13H2,1-2H3,(H,23,26). The second kappa shape index (κ2) is 8.29. The van der Waals surface area contributed by atoms with Gasteiger partial charge in [0.2, 0.25) is 5.91 Å². The van der Waals surface area contributed by atoms with Crippen molar-refractivity contribution in [3.05, 3.63) is 71.8 Å². The van der Waals surface area contributed by atoms with E-state index >= 15 is 0 Å². The molecule has 0 saturated heterocycles. The molecule has 3 aromatic rings. The summed E-state index contributed by atoms with van der Waals surface area (Å²) in [5.74, 6) is -0.00296. The number of rotatable bonds is 7. The maximum atomic E-state index is 12.3. The van der Waals surface area contributed by atoms with Crippen LogP contribution in [0.4, 0.5) is 5.69 Å². The van der Waals surface area contributed by atoms with Crippen LogP contribution in [-0.4, -0.2) is 33.8 Å². The van der Waals surface area contributed by atoms with Gasteiger partial charge in [0.1, 0.15) is 0 Å². The molecular weight excluding hydrogens is 326 g/mol. The Morgan fingerprint density at radius 2 is 1.88 bits per heavy atom. The molecule has 0 saturated carbocycles. The maximum Gasteiger partial charge on any atom is 0.224 e. The van der Waals surface area contributed by atoms with Gasteiger partial charge in [0.25, 0.3) is 0 Å². The van der Waals surface area contributed by atoms with Crippen LogP contribution in [0.3, 0.4) is 0 Å². The smallest absolute Gasteiger partial charge is 0.224 e. The van der Waals surface area contributed by atoms with Gasteiger partial charge in [-0.1, -0.05) is 18.2 Å². The number of para-hydroxylation sites is 1. The number of carbonyl (C=O) groups excluding carboxylic acids is 1. The molecule has 0 fully saturated rings. The van der Waals surface area contributed by atoms with E-state index < -0.39 is 0 Å². The van der Waals surface area contributed by atoms with Crippen LogP contribution in [-0.2, 0) is 11.2 Å². The summed E-state index contributed by atoms with van der Waals surface area (Å²) in [4.78, 5) is 16.3. The third-order valence-electron chi connectivity index (χ3n) is 4.22. The van der Waals surface area contributed by atoms with Gasteiger partial charge in [-0.15, -0.1) is 0 Å². The number of nitrogens with zero attached hydrogens (tertiary/aromatic N) is 3. The normalized spacial score (nSPS) is 10.5. The minimum absolute atomic E-state index is 0.00296. The van der Waals surface area contributed by atoms with Crippen LogP contribution in [0.25, 0.3) is 5.69 Å². The predicted octanol–water partition coefficient (Wildman–Crippen LogP) is 2.65. The number of carbonyl (C=O) groups is 1. The van der Waals surface area contributed by atoms with Crippen molar-refractivity contribution in [2.45, 2.75) is 20.3 Å². The van der Waals surface area contributed by atoms with Crippen molar-refractivity contribution in [2.75, 3.05) is 18.4 Å². The summed E-state index contributed by atoms with van der Waals surface area (Å²) in [5, 5.41) is 10.8. The molecule has 26 heavy (non-hydrogen) atoms. The second-order valence-electron chi connectivity index (χ2n) is 6.09. The summed E-state index contributed by atoms with van der Waals surface area (Å²) >= 11 is 0. The van der Waals surface area contributed by atoms with E-state index in [1.54, 1.807) is 12.4 Å². The molecule has 0 unspecified atom stereocenters. The van der Waals surface area contributed by atoms with Gasteiger partial charge in [-0.2, -0.15) is 5.10 Å². The van der Waals surface area contributed by atoms with E-state index in [4.69, 9.17) is 0 Å². The summed E-state index contributed by atoms with van der Waals surface area (Å²) in [6, 6.07) is 13.8. The maximum absolute atomic E-state index is 12.3. The van der Waals surface area contributed by atoms with Crippen molar-refractivity contribution in [1.82, 2.24) is 20.1 Å². The number of anilines is 1. The van der Waals surface area contributed by atoms with Crippen molar-refractivity contribution < 1.29 is 4.79 Å². The Balaban J connectivity index is 1.55. The fraction of sp³-hybridized carbons (Fsp3) is 0.250. The second-order valence-corrected chi connectivity index (χ2v) is 6.09. The van der Waals surface area contributed by atoms with Crippen LogP contribution < -0.4 is 10.6 Å². The summed E-state index contributed by atoms with van der Waals surface area (Å²) in [5.41, 5.74) is 4.80. The number of hydrogen-bond acceptors (Lipinski definition) is 4. The molecule has 0 aliphatic heterocycles. The Bertz CT molecular complexity index is 859. The summed E-state index contributed by atoms with van der Waals surface area (Å²) in [6.45, 7) is 5.15. The molecule has 0 bridgehead atoms. The lowest BCUT2D eigenvalue weighted by Gasteiger charge is -2.08. The minimum Gasteiger partial charge on any atom is -0.382 e. The van der Waals surface area contributed by atoms with E-state index in [0.29, 0.717) is 19.5 Å². The van der Waals surface area contributed by atoms with Crippen molar-refractivity contribution >= 4 is 11.6 Å². The Hall–Kier alpha value is -3.15. The lowest BCUT2D eigenvalue weighted by atomic mass is 10.1. The number of benzene rings is 1. The molecule has 0 radical (unpaired) electrons. The van der Waals surface area contributed by atoms with E-state index in [2.05, 4.69) is 20.7 Å². The average Bonchev–Trinajstić information content (AvgIpc) is 2.95. The Labute approximate surface area is 153 Å². The van der Waals surface area contributed by atoms with Crippen LogP contribution in [0.15, 0.2) is 54.9 Å². The molecule has 3 rings (SSSR count). The summed E-state index contributed by atoms with van der Waals surface area (Å²) in [6.07, 6.45) is 3.82. The van der Waals surface area contributed by atoms with Gasteiger partial charge in [-0.05, 0) is 38.1 Å². The monoisotopic (exact) mass is 349 g/mol. The van der Waals surface area contributed by atoms with Crippen molar-refractivity contribution in [2.24, 2.45) is 0 Å². The molecule has 2 N–H and O–H groups in total. The van der Waals surface area contributed by atoms with E-state index in [9.17, 15) is 4.79 Å². The van der Waals surface area contributed by atoms with Crippen molar-refractivity contribution in [1.29, 1.82) is 0 Å². The molecule has 1 aromatic carbocycles. The Morgan fingerprint density at radius 3 is 2.62 bits per heavy atom. The number of aromatic nitrogens is 3. The quantitative estimate of drug-likeness (QED) is 0.643. The first-order chi connectivity index (χ1) is 12.6. The molecule has 0 aliphatic rings.